The Bertz CT molecular complexity index is 229. The third-order valence-electron chi connectivity index (χ3n) is 1.26. The normalized spacial score (nSPS) is 14.7. The molecule has 84 valence electrons. The third kappa shape index (κ3) is 10.7. The molecule has 0 aromatic carbocycles. The molecule has 0 radical (unpaired) electrons. The Morgan fingerprint density at radius 2 is 2.00 bits per heavy atom. The van der Waals surface area contributed by atoms with Gasteiger partial charge in [-0.2, -0.15) is 0 Å². The van der Waals surface area contributed by atoms with Crippen molar-refractivity contribution in [3.63, 3.8) is 0 Å². The predicted octanol–water partition coefficient (Wildman–Crippen LogP) is -2.22. The van der Waals surface area contributed by atoms with Gasteiger partial charge in [0.25, 0.3) is 0 Å². The van der Waals surface area contributed by atoms with E-state index in [4.69, 9.17) is 4.74 Å². The summed E-state index contributed by atoms with van der Waals surface area (Å²) in [4.78, 5) is 11.1. The standard InChI is InChI=1S/C8H17NO4S.Na/c1-6(14(11)12)5-9-7(10)13-8(2,3)4;/h6H,5H2,1-4H3,(H,9,10)(H,11,12);/q;+1/p-1/t6-;/m0./s1. The molecule has 5 nitrogen and oxygen atoms in total. The Kier molecular flexibility index (Phi) is 9.03. The van der Waals surface area contributed by atoms with Gasteiger partial charge in [0.15, 0.2) is 0 Å². The van der Waals surface area contributed by atoms with Crippen LogP contribution in [0.25, 0.3) is 0 Å². The average Bonchev–Trinajstić information content (AvgIpc) is 1.96. The van der Waals surface area contributed by atoms with Crippen LogP contribution in [0.4, 0.5) is 4.79 Å². The summed E-state index contributed by atoms with van der Waals surface area (Å²) in [5.74, 6) is 0. The monoisotopic (exact) mass is 245 g/mol. The van der Waals surface area contributed by atoms with Gasteiger partial charge >= 0.3 is 35.7 Å². The molecule has 0 saturated carbocycles. The van der Waals surface area contributed by atoms with Crippen LogP contribution in [0.3, 0.4) is 0 Å². The van der Waals surface area contributed by atoms with Crippen molar-refractivity contribution in [2.45, 2.75) is 38.5 Å². The first kappa shape index (κ1) is 17.8. The minimum atomic E-state index is -2.17. The number of nitrogens with one attached hydrogen (secondary N) is 1. The smallest absolute Gasteiger partial charge is 0.772 e. The topological polar surface area (TPSA) is 78.5 Å². The molecule has 0 aliphatic heterocycles. The van der Waals surface area contributed by atoms with E-state index in [0.717, 1.165) is 0 Å². The number of alkyl carbamates (subject to hydrolysis) is 1. The fraction of sp³-hybridized carbons (Fsp3) is 0.875. The Labute approximate surface area is 115 Å². The van der Waals surface area contributed by atoms with Crippen LogP contribution in [0.1, 0.15) is 27.7 Å². The Hall–Kier alpha value is 0.380. The van der Waals surface area contributed by atoms with E-state index in [2.05, 4.69) is 5.32 Å². The molecule has 7 heteroatoms. The Morgan fingerprint density at radius 3 is 2.33 bits per heavy atom. The summed E-state index contributed by atoms with van der Waals surface area (Å²) in [6, 6.07) is 0. The molecule has 2 atom stereocenters. The van der Waals surface area contributed by atoms with Gasteiger partial charge in [0.2, 0.25) is 0 Å². The molecule has 0 fully saturated rings. The predicted molar refractivity (Wildman–Crippen MR) is 52.6 cm³/mol. The van der Waals surface area contributed by atoms with E-state index in [9.17, 15) is 13.6 Å². The number of carbonyl (C=O) groups excluding carboxylic acids is 1. The molecule has 1 amide bonds. The summed E-state index contributed by atoms with van der Waals surface area (Å²) in [5.41, 5.74) is -0.566. The molecule has 0 aliphatic carbocycles. The summed E-state index contributed by atoms with van der Waals surface area (Å²) >= 11 is -2.17. The molecule has 0 saturated heterocycles. The molecule has 0 rings (SSSR count). The van der Waals surface area contributed by atoms with Crippen molar-refractivity contribution in [2.75, 3.05) is 6.54 Å². The molecular weight excluding hydrogens is 229 g/mol. The van der Waals surface area contributed by atoms with E-state index in [1.807, 2.05) is 0 Å². The number of rotatable bonds is 3. The van der Waals surface area contributed by atoms with Crippen LogP contribution in [0.5, 0.6) is 0 Å². The maximum atomic E-state index is 11.1. The van der Waals surface area contributed by atoms with Crippen molar-refractivity contribution in [2.24, 2.45) is 0 Å². The van der Waals surface area contributed by atoms with Crippen LogP contribution >= 0.6 is 0 Å². The van der Waals surface area contributed by atoms with Crippen LogP contribution in [-0.2, 0) is 15.8 Å². The van der Waals surface area contributed by atoms with Gasteiger partial charge in [0, 0.05) is 11.8 Å². The molecule has 0 aromatic heterocycles. The summed E-state index contributed by atoms with van der Waals surface area (Å²) < 4.78 is 25.7. The first-order chi connectivity index (χ1) is 6.22. The molecule has 0 bridgehead atoms. The van der Waals surface area contributed by atoms with Crippen LogP contribution in [0.15, 0.2) is 0 Å². The van der Waals surface area contributed by atoms with Crippen molar-refractivity contribution in [1.82, 2.24) is 5.32 Å². The molecule has 0 aromatic rings. The number of hydrogen-bond acceptors (Lipinski definition) is 4. The number of amides is 1. The first-order valence-corrected chi connectivity index (χ1v) is 5.41. The quantitative estimate of drug-likeness (QED) is 0.451. The number of ether oxygens (including phenoxy) is 1. The maximum Gasteiger partial charge on any atom is 1.00 e. The van der Waals surface area contributed by atoms with Gasteiger partial charge in [0.05, 0.1) is 0 Å². The van der Waals surface area contributed by atoms with Gasteiger partial charge in [-0.05, 0) is 20.8 Å². The van der Waals surface area contributed by atoms with Gasteiger partial charge in [-0.15, -0.1) is 0 Å². The van der Waals surface area contributed by atoms with Crippen molar-refractivity contribution in [3.8, 4) is 0 Å². The summed E-state index contributed by atoms with van der Waals surface area (Å²) in [6.07, 6.45) is -0.602. The molecule has 0 spiro atoms. The number of hydrogen-bond donors (Lipinski definition) is 1. The minimum Gasteiger partial charge on any atom is -0.772 e. The zero-order valence-corrected chi connectivity index (χ0v) is 12.6. The Morgan fingerprint density at radius 1 is 1.53 bits per heavy atom. The zero-order valence-electron chi connectivity index (χ0n) is 9.83. The largest absolute Gasteiger partial charge is 1.00 e. The van der Waals surface area contributed by atoms with E-state index in [1.165, 1.54) is 6.92 Å². The van der Waals surface area contributed by atoms with E-state index < -0.39 is 28.0 Å². The van der Waals surface area contributed by atoms with Crippen LogP contribution in [-0.4, -0.2) is 32.3 Å². The van der Waals surface area contributed by atoms with E-state index in [1.54, 1.807) is 20.8 Å². The SMILES string of the molecule is C[C@@H](CNC(=O)OC(C)(C)C)S(=O)[O-].[Na+]. The third-order valence-corrected chi connectivity index (χ3v) is 2.09. The van der Waals surface area contributed by atoms with Crippen molar-refractivity contribution in [1.29, 1.82) is 0 Å². The Balaban J connectivity index is 0. The van der Waals surface area contributed by atoms with Crippen LogP contribution in [0.2, 0.25) is 0 Å². The van der Waals surface area contributed by atoms with Crippen molar-refractivity contribution >= 4 is 17.2 Å². The van der Waals surface area contributed by atoms with E-state index >= 15 is 0 Å². The van der Waals surface area contributed by atoms with Crippen molar-refractivity contribution in [3.05, 3.63) is 0 Å². The molecule has 0 heterocycles. The number of carbonyl (C=O) groups is 1. The summed E-state index contributed by atoms with van der Waals surface area (Å²) in [5, 5.41) is 1.76. The van der Waals surface area contributed by atoms with Crippen molar-refractivity contribution < 1.29 is 47.9 Å². The first-order valence-electron chi connectivity index (χ1n) is 4.27. The second-order valence-electron chi connectivity index (χ2n) is 3.95. The van der Waals surface area contributed by atoms with Gasteiger partial charge in [-0.1, -0.05) is 18.0 Å². The average molecular weight is 245 g/mol. The second-order valence-corrected chi connectivity index (χ2v) is 5.28. The molecular formula is C8H16NNaO4S. The van der Waals surface area contributed by atoms with Crippen LogP contribution in [0, 0.1) is 0 Å². The van der Waals surface area contributed by atoms with Crippen LogP contribution < -0.4 is 34.9 Å². The molecule has 0 aliphatic rings. The van der Waals surface area contributed by atoms with Gasteiger partial charge in [-0.25, -0.2) is 4.79 Å². The van der Waals surface area contributed by atoms with Gasteiger partial charge in [-0.3, -0.25) is 4.21 Å². The van der Waals surface area contributed by atoms with Gasteiger partial charge in [0.1, 0.15) is 5.60 Å². The second kappa shape index (κ2) is 7.62. The molecule has 1 unspecified atom stereocenters. The zero-order chi connectivity index (χ0) is 11.4. The maximum absolute atomic E-state index is 11.1. The van der Waals surface area contributed by atoms with Gasteiger partial charge < -0.3 is 14.6 Å². The van der Waals surface area contributed by atoms with E-state index in [-0.39, 0.29) is 36.1 Å². The summed E-state index contributed by atoms with van der Waals surface area (Å²) in [7, 11) is 0. The fourth-order valence-corrected chi connectivity index (χ4v) is 0.829. The molecule has 15 heavy (non-hydrogen) atoms. The minimum absolute atomic E-state index is 0. The summed E-state index contributed by atoms with van der Waals surface area (Å²) in [6.45, 7) is 6.77. The molecule has 1 N–H and O–H groups in total. The fourth-order valence-electron chi connectivity index (χ4n) is 0.609. The van der Waals surface area contributed by atoms with E-state index in [0.29, 0.717) is 0 Å².